The van der Waals surface area contributed by atoms with E-state index < -0.39 is 18.5 Å². The second kappa shape index (κ2) is 3.73. The maximum absolute atomic E-state index is 11.6. The Kier molecular flexibility index (Phi) is 2.90. The van der Waals surface area contributed by atoms with Crippen LogP contribution in [0.2, 0.25) is 0 Å². The van der Waals surface area contributed by atoms with Crippen LogP contribution in [0.15, 0.2) is 0 Å². The van der Waals surface area contributed by atoms with Gasteiger partial charge in [0, 0.05) is 0 Å². The molecular formula is C6H8F2O3. The highest BCUT2D eigenvalue weighted by Crippen LogP contribution is 2.10. The summed E-state index contributed by atoms with van der Waals surface area (Å²) in [5, 5.41) is 0. The number of carbonyl (C=O) groups excluding carboxylic acids is 1. The minimum absolute atomic E-state index is 0.350. The number of ether oxygens (including phenoxy) is 2. The second-order valence-corrected chi connectivity index (χ2v) is 2.14. The quantitative estimate of drug-likeness (QED) is 0.615. The molecule has 0 aromatic heterocycles. The smallest absolute Gasteiger partial charge is 0.296 e. The zero-order valence-electron chi connectivity index (χ0n) is 5.76. The van der Waals surface area contributed by atoms with Crippen molar-refractivity contribution < 1.29 is 23.0 Å². The molecule has 1 rings (SSSR count). The van der Waals surface area contributed by atoms with Gasteiger partial charge in [0.1, 0.15) is 0 Å². The van der Waals surface area contributed by atoms with Crippen molar-refractivity contribution in [3.8, 4) is 0 Å². The minimum atomic E-state index is -2.91. The van der Waals surface area contributed by atoms with Gasteiger partial charge in [-0.1, -0.05) is 0 Å². The molecule has 0 aromatic carbocycles. The van der Waals surface area contributed by atoms with Crippen LogP contribution >= 0.6 is 0 Å². The van der Waals surface area contributed by atoms with Crippen molar-refractivity contribution in [2.24, 2.45) is 0 Å². The van der Waals surface area contributed by atoms with E-state index in [9.17, 15) is 13.6 Å². The van der Waals surface area contributed by atoms with Gasteiger partial charge in [0.05, 0.1) is 19.6 Å². The Bertz CT molecular complexity index is 143. The molecule has 0 unspecified atom stereocenters. The van der Waals surface area contributed by atoms with E-state index in [2.05, 4.69) is 0 Å². The fraction of sp³-hybridized carbons (Fsp3) is 0.833. The number of Topliss-reactive ketones (excluding diaryl/α,β-unsaturated/α-hetero) is 1. The molecule has 1 aliphatic rings. The van der Waals surface area contributed by atoms with Crippen LogP contribution < -0.4 is 0 Å². The summed E-state index contributed by atoms with van der Waals surface area (Å²) in [6.07, 6.45) is -4.02. The fourth-order valence-corrected chi connectivity index (χ4v) is 0.778. The van der Waals surface area contributed by atoms with Crippen LogP contribution in [0.3, 0.4) is 0 Å². The number of halogens is 2. The van der Waals surface area contributed by atoms with Gasteiger partial charge in [-0.2, -0.15) is 0 Å². The molecule has 3 nitrogen and oxygen atoms in total. The van der Waals surface area contributed by atoms with Crippen LogP contribution in [0.25, 0.3) is 0 Å². The van der Waals surface area contributed by atoms with Crippen molar-refractivity contribution in [3.05, 3.63) is 0 Å². The van der Waals surface area contributed by atoms with Gasteiger partial charge in [-0.05, 0) is 0 Å². The molecule has 0 spiro atoms. The molecule has 0 radical (unpaired) electrons. The van der Waals surface area contributed by atoms with Crippen LogP contribution in [-0.2, 0) is 14.3 Å². The highest BCUT2D eigenvalue weighted by Gasteiger charge is 2.24. The van der Waals surface area contributed by atoms with Crippen molar-refractivity contribution >= 4 is 5.78 Å². The summed E-state index contributed by atoms with van der Waals surface area (Å²) in [4.78, 5) is 10.4. The first-order chi connectivity index (χ1) is 5.20. The number of alkyl halides is 2. The lowest BCUT2D eigenvalue weighted by atomic mass is 10.3. The van der Waals surface area contributed by atoms with Gasteiger partial charge < -0.3 is 9.47 Å². The highest BCUT2D eigenvalue weighted by molar-refractivity contribution is 5.81. The molecule has 0 amide bonds. The van der Waals surface area contributed by atoms with Crippen LogP contribution in [0.5, 0.6) is 0 Å². The molecule has 0 saturated carbocycles. The minimum Gasteiger partial charge on any atom is -0.350 e. The van der Waals surface area contributed by atoms with Crippen LogP contribution in [0.1, 0.15) is 6.42 Å². The van der Waals surface area contributed by atoms with Gasteiger partial charge in [-0.3, -0.25) is 4.79 Å². The fourth-order valence-electron chi connectivity index (χ4n) is 0.778. The average molecular weight is 166 g/mol. The predicted octanol–water partition coefficient (Wildman–Crippen LogP) is 0.584. The van der Waals surface area contributed by atoms with E-state index >= 15 is 0 Å². The number of rotatable bonds is 3. The summed E-state index contributed by atoms with van der Waals surface area (Å²) in [6, 6.07) is 0. The molecule has 0 bridgehead atoms. The van der Waals surface area contributed by atoms with E-state index in [0.29, 0.717) is 13.2 Å². The zero-order chi connectivity index (χ0) is 8.27. The number of hydrogen-bond acceptors (Lipinski definition) is 3. The first kappa shape index (κ1) is 8.55. The van der Waals surface area contributed by atoms with Crippen molar-refractivity contribution in [3.63, 3.8) is 0 Å². The van der Waals surface area contributed by atoms with Gasteiger partial charge in [0.15, 0.2) is 6.29 Å². The van der Waals surface area contributed by atoms with Crippen molar-refractivity contribution in [2.45, 2.75) is 19.1 Å². The molecule has 64 valence electrons. The van der Waals surface area contributed by atoms with Crippen LogP contribution in [0, 0.1) is 0 Å². The SMILES string of the molecule is O=C(CC1OCCO1)C(F)F. The van der Waals surface area contributed by atoms with E-state index in [1.165, 1.54) is 0 Å². The van der Waals surface area contributed by atoms with Crippen molar-refractivity contribution in [1.29, 1.82) is 0 Å². The molecule has 0 N–H and O–H groups in total. The average Bonchev–Trinajstić information content (AvgIpc) is 2.39. The topological polar surface area (TPSA) is 35.5 Å². The largest absolute Gasteiger partial charge is 0.350 e. The van der Waals surface area contributed by atoms with E-state index in [-0.39, 0.29) is 6.42 Å². The van der Waals surface area contributed by atoms with E-state index in [4.69, 9.17) is 9.47 Å². The van der Waals surface area contributed by atoms with Gasteiger partial charge >= 0.3 is 0 Å². The monoisotopic (exact) mass is 166 g/mol. The summed E-state index contributed by atoms with van der Waals surface area (Å²) in [7, 11) is 0. The Balaban J connectivity index is 2.24. The standard InChI is InChI=1S/C6H8F2O3/c7-6(8)4(9)3-5-10-1-2-11-5/h5-6H,1-3H2. The summed E-state index contributed by atoms with van der Waals surface area (Å²) in [6.45, 7) is 0.752. The summed E-state index contributed by atoms with van der Waals surface area (Å²) in [5.74, 6) is -1.13. The summed E-state index contributed by atoms with van der Waals surface area (Å²) in [5.41, 5.74) is 0. The summed E-state index contributed by atoms with van der Waals surface area (Å²) >= 11 is 0. The van der Waals surface area contributed by atoms with Crippen LogP contribution in [0.4, 0.5) is 8.78 Å². The van der Waals surface area contributed by atoms with Gasteiger partial charge in [-0.25, -0.2) is 8.78 Å². The molecule has 1 aliphatic heterocycles. The molecule has 1 fully saturated rings. The molecule has 0 aliphatic carbocycles. The third kappa shape index (κ3) is 2.51. The zero-order valence-corrected chi connectivity index (χ0v) is 5.76. The Morgan fingerprint density at radius 3 is 2.45 bits per heavy atom. The predicted molar refractivity (Wildman–Crippen MR) is 31.3 cm³/mol. The second-order valence-electron chi connectivity index (χ2n) is 2.14. The highest BCUT2D eigenvalue weighted by atomic mass is 19.3. The third-order valence-electron chi connectivity index (χ3n) is 1.30. The molecule has 1 saturated heterocycles. The third-order valence-corrected chi connectivity index (χ3v) is 1.30. The Morgan fingerprint density at radius 2 is 2.00 bits per heavy atom. The molecule has 0 aromatic rings. The maximum Gasteiger partial charge on any atom is 0.296 e. The molecule has 0 atom stereocenters. The molecule has 1 heterocycles. The first-order valence-corrected chi connectivity index (χ1v) is 3.24. The lowest BCUT2D eigenvalue weighted by Gasteiger charge is -2.06. The molecule has 5 heteroatoms. The van der Waals surface area contributed by atoms with Crippen molar-refractivity contribution in [2.75, 3.05) is 13.2 Å². The number of carbonyl (C=O) groups is 1. The Morgan fingerprint density at radius 1 is 1.45 bits per heavy atom. The van der Waals surface area contributed by atoms with Crippen molar-refractivity contribution in [1.82, 2.24) is 0 Å². The summed E-state index contributed by atoms with van der Waals surface area (Å²) < 4.78 is 32.8. The normalized spacial score (nSPS) is 19.5. The van der Waals surface area contributed by atoms with Gasteiger partial charge in [0.25, 0.3) is 6.43 Å². The molecule has 11 heavy (non-hydrogen) atoms. The van der Waals surface area contributed by atoms with E-state index in [1.54, 1.807) is 0 Å². The lowest BCUT2D eigenvalue weighted by molar-refractivity contribution is -0.137. The first-order valence-electron chi connectivity index (χ1n) is 3.24. The van der Waals surface area contributed by atoms with Gasteiger partial charge in [-0.15, -0.1) is 0 Å². The Labute approximate surface area is 62.3 Å². The Hall–Kier alpha value is -0.550. The number of hydrogen-bond donors (Lipinski definition) is 0. The molecular weight excluding hydrogens is 158 g/mol. The van der Waals surface area contributed by atoms with E-state index in [1.807, 2.05) is 0 Å². The maximum atomic E-state index is 11.6. The van der Waals surface area contributed by atoms with Gasteiger partial charge in [0.2, 0.25) is 5.78 Å². The number of ketones is 1. The lowest BCUT2D eigenvalue weighted by Crippen LogP contribution is -2.19. The van der Waals surface area contributed by atoms with Crippen LogP contribution in [-0.4, -0.2) is 31.7 Å². The van der Waals surface area contributed by atoms with E-state index in [0.717, 1.165) is 0 Å².